The van der Waals surface area contributed by atoms with Crippen molar-refractivity contribution in [3.63, 3.8) is 0 Å². The van der Waals surface area contributed by atoms with E-state index in [0.717, 1.165) is 11.2 Å². The summed E-state index contributed by atoms with van der Waals surface area (Å²) < 4.78 is 22.1. The fourth-order valence-corrected chi connectivity index (χ4v) is 2.56. The first kappa shape index (κ1) is 11.9. The van der Waals surface area contributed by atoms with Gasteiger partial charge in [-0.1, -0.05) is 0 Å². The molecule has 0 spiro atoms. The molecule has 1 atom stereocenters. The molecule has 0 bridgehead atoms. The van der Waals surface area contributed by atoms with E-state index in [1.54, 1.807) is 6.92 Å². The molecular weight excluding hydrogens is 218 g/mol. The standard InChI is InChI=1S/C9H13NO4S/c1-6-4-8(11)10(9(6)12)7(2)5-15(3,13)14/h4,7H,5H2,1-3H3. The Hall–Kier alpha value is -1.17. The van der Waals surface area contributed by atoms with Gasteiger partial charge < -0.3 is 0 Å². The van der Waals surface area contributed by atoms with Gasteiger partial charge in [0, 0.05) is 17.9 Å². The minimum absolute atomic E-state index is 0.203. The van der Waals surface area contributed by atoms with Crippen molar-refractivity contribution < 1.29 is 18.0 Å². The fourth-order valence-electron chi connectivity index (χ4n) is 1.54. The largest absolute Gasteiger partial charge is 0.271 e. The van der Waals surface area contributed by atoms with Crippen LogP contribution in [-0.4, -0.2) is 43.2 Å². The van der Waals surface area contributed by atoms with Crippen molar-refractivity contribution in [2.45, 2.75) is 19.9 Å². The van der Waals surface area contributed by atoms with Gasteiger partial charge in [-0.25, -0.2) is 8.42 Å². The normalized spacial score (nSPS) is 19.4. The average Bonchev–Trinajstić information content (AvgIpc) is 2.22. The van der Waals surface area contributed by atoms with Crippen LogP contribution in [0.3, 0.4) is 0 Å². The Balaban J connectivity index is 2.84. The third-order valence-corrected chi connectivity index (χ3v) is 3.21. The molecule has 0 aliphatic carbocycles. The summed E-state index contributed by atoms with van der Waals surface area (Å²) in [6.07, 6.45) is 2.30. The van der Waals surface area contributed by atoms with Crippen LogP contribution in [0.4, 0.5) is 0 Å². The first-order valence-corrected chi connectivity index (χ1v) is 6.52. The van der Waals surface area contributed by atoms with Crippen LogP contribution in [0, 0.1) is 0 Å². The number of hydrogen-bond donors (Lipinski definition) is 0. The van der Waals surface area contributed by atoms with Gasteiger partial charge in [0.25, 0.3) is 11.8 Å². The predicted octanol–water partition coefficient (Wildman–Crippen LogP) is -0.265. The molecule has 6 heteroatoms. The average molecular weight is 231 g/mol. The van der Waals surface area contributed by atoms with Gasteiger partial charge in [-0.3, -0.25) is 14.5 Å². The first-order valence-electron chi connectivity index (χ1n) is 4.46. The lowest BCUT2D eigenvalue weighted by Crippen LogP contribution is -2.42. The van der Waals surface area contributed by atoms with E-state index < -0.39 is 27.7 Å². The minimum Gasteiger partial charge on any atom is -0.271 e. The lowest BCUT2D eigenvalue weighted by Gasteiger charge is -2.21. The van der Waals surface area contributed by atoms with Crippen molar-refractivity contribution in [3.8, 4) is 0 Å². The van der Waals surface area contributed by atoms with Gasteiger partial charge in [0.05, 0.1) is 11.8 Å². The second-order valence-electron chi connectivity index (χ2n) is 3.78. The Kier molecular flexibility index (Phi) is 2.99. The summed E-state index contributed by atoms with van der Waals surface area (Å²) >= 11 is 0. The van der Waals surface area contributed by atoms with Crippen LogP contribution in [0.2, 0.25) is 0 Å². The van der Waals surface area contributed by atoms with Gasteiger partial charge in [-0.2, -0.15) is 0 Å². The molecule has 0 aromatic rings. The van der Waals surface area contributed by atoms with Gasteiger partial charge in [0.15, 0.2) is 0 Å². The van der Waals surface area contributed by atoms with E-state index in [1.807, 2.05) is 0 Å². The zero-order chi connectivity index (χ0) is 11.8. The minimum atomic E-state index is -3.19. The zero-order valence-corrected chi connectivity index (χ0v) is 9.67. The molecule has 1 rings (SSSR count). The summed E-state index contributed by atoms with van der Waals surface area (Å²) in [4.78, 5) is 23.8. The van der Waals surface area contributed by atoms with E-state index in [1.165, 1.54) is 13.0 Å². The van der Waals surface area contributed by atoms with Crippen LogP contribution >= 0.6 is 0 Å². The highest BCUT2D eigenvalue weighted by Crippen LogP contribution is 2.16. The lowest BCUT2D eigenvalue weighted by molar-refractivity contribution is -0.138. The van der Waals surface area contributed by atoms with Crippen molar-refractivity contribution in [2.24, 2.45) is 0 Å². The number of carbonyl (C=O) groups excluding carboxylic acids is 2. The van der Waals surface area contributed by atoms with E-state index in [9.17, 15) is 18.0 Å². The van der Waals surface area contributed by atoms with E-state index in [-0.39, 0.29) is 5.75 Å². The highest BCUT2D eigenvalue weighted by Gasteiger charge is 2.33. The molecule has 1 aliphatic heterocycles. The number of rotatable bonds is 3. The van der Waals surface area contributed by atoms with Gasteiger partial charge in [0.2, 0.25) is 0 Å². The zero-order valence-electron chi connectivity index (χ0n) is 8.85. The smallest absolute Gasteiger partial charge is 0.256 e. The Labute approximate surface area is 88.7 Å². The predicted molar refractivity (Wildman–Crippen MR) is 54.8 cm³/mol. The van der Waals surface area contributed by atoms with Crippen LogP contribution in [0.15, 0.2) is 11.6 Å². The lowest BCUT2D eigenvalue weighted by atomic mass is 10.3. The first-order chi connectivity index (χ1) is 6.72. The summed E-state index contributed by atoms with van der Waals surface area (Å²) in [5.41, 5.74) is 0.348. The van der Waals surface area contributed by atoms with Gasteiger partial charge >= 0.3 is 0 Å². The van der Waals surface area contributed by atoms with Crippen LogP contribution in [0.5, 0.6) is 0 Å². The molecule has 0 radical (unpaired) electrons. The number of hydrogen-bond acceptors (Lipinski definition) is 4. The Morgan fingerprint density at radius 1 is 1.40 bits per heavy atom. The van der Waals surface area contributed by atoms with E-state index in [0.29, 0.717) is 5.57 Å². The highest BCUT2D eigenvalue weighted by atomic mass is 32.2. The third-order valence-electron chi connectivity index (χ3n) is 2.12. The number of imide groups is 1. The summed E-state index contributed by atoms with van der Waals surface area (Å²) in [6.45, 7) is 3.08. The van der Waals surface area contributed by atoms with Crippen molar-refractivity contribution >= 4 is 21.7 Å². The molecule has 1 aliphatic rings. The summed E-state index contributed by atoms with van der Waals surface area (Å²) in [5, 5.41) is 0. The molecule has 0 N–H and O–H groups in total. The molecule has 2 amide bonds. The van der Waals surface area contributed by atoms with Crippen molar-refractivity contribution in [2.75, 3.05) is 12.0 Å². The SMILES string of the molecule is CC1=CC(=O)N(C(C)CS(C)(=O)=O)C1=O. The maximum absolute atomic E-state index is 11.5. The van der Waals surface area contributed by atoms with Crippen LogP contribution in [-0.2, 0) is 19.4 Å². The van der Waals surface area contributed by atoms with Crippen LogP contribution < -0.4 is 0 Å². The summed E-state index contributed by atoms with van der Waals surface area (Å²) in [6, 6.07) is -0.617. The topological polar surface area (TPSA) is 71.5 Å². The molecule has 1 heterocycles. The number of carbonyl (C=O) groups is 2. The molecule has 84 valence electrons. The molecule has 1 unspecified atom stereocenters. The Morgan fingerprint density at radius 3 is 2.27 bits per heavy atom. The van der Waals surface area contributed by atoms with Crippen LogP contribution in [0.25, 0.3) is 0 Å². The van der Waals surface area contributed by atoms with E-state index in [2.05, 4.69) is 0 Å². The van der Waals surface area contributed by atoms with Crippen LogP contribution in [0.1, 0.15) is 13.8 Å². The number of amides is 2. The second-order valence-corrected chi connectivity index (χ2v) is 5.97. The Bertz CT molecular complexity index is 435. The van der Waals surface area contributed by atoms with E-state index >= 15 is 0 Å². The Morgan fingerprint density at radius 2 is 1.93 bits per heavy atom. The third kappa shape index (κ3) is 2.65. The van der Waals surface area contributed by atoms with Crippen molar-refractivity contribution in [3.05, 3.63) is 11.6 Å². The van der Waals surface area contributed by atoms with Gasteiger partial charge in [-0.05, 0) is 13.8 Å². The van der Waals surface area contributed by atoms with Crippen molar-refractivity contribution in [1.82, 2.24) is 4.90 Å². The second kappa shape index (κ2) is 3.77. The number of sulfone groups is 1. The maximum atomic E-state index is 11.5. The summed E-state index contributed by atoms with van der Waals surface area (Å²) in [5.74, 6) is -1.05. The van der Waals surface area contributed by atoms with Gasteiger partial charge in [0.1, 0.15) is 9.84 Å². The molecule has 0 saturated carbocycles. The van der Waals surface area contributed by atoms with E-state index in [4.69, 9.17) is 0 Å². The molecular formula is C9H13NO4S. The quantitative estimate of drug-likeness (QED) is 0.627. The molecule has 0 aromatic heterocycles. The monoisotopic (exact) mass is 231 g/mol. The molecule has 15 heavy (non-hydrogen) atoms. The molecule has 0 saturated heterocycles. The summed E-state index contributed by atoms with van der Waals surface area (Å²) in [7, 11) is -3.19. The maximum Gasteiger partial charge on any atom is 0.256 e. The molecule has 5 nitrogen and oxygen atoms in total. The fraction of sp³-hybridized carbons (Fsp3) is 0.556. The highest BCUT2D eigenvalue weighted by molar-refractivity contribution is 7.90. The number of nitrogens with zero attached hydrogens (tertiary/aromatic N) is 1. The van der Waals surface area contributed by atoms with Gasteiger partial charge in [-0.15, -0.1) is 0 Å². The van der Waals surface area contributed by atoms with Crippen molar-refractivity contribution in [1.29, 1.82) is 0 Å². The molecule has 0 fully saturated rings. The molecule has 0 aromatic carbocycles.